The fourth-order valence-corrected chi connectivity index (χ4v) is 8.24. The van der Waals surface area contributed by atoms with Crippen LogP contribution in [0.1, 0.15) is 38.8 Å². The first-order chi connectivity index (χ1) is 24.1. The van der Waals surface area contributed by atoms with E-state index in [4.69, 9.17) is 0 Å². The Kier molecular flexibility index (Phi) is 6.64. The minimum atomic E-state index is -0.0203. The predicted octanol–water partition coefficient (Wildman–Crippen LogP) is 13.1. The van der Waals surface area contributed by atoms with E-state index in [0.29, 0.717) is 0 Å². The fraction of sp³-hybridized carbons (Fsp3) is 0.106. The summed E-state index contributed by atoms with van der Waals surface area (Å²) in [6.07, 6.45) is 0. The second-order valence-corrected chi connectivity index (χ2v) is 13.5. The molecule has 0 bridgehead atoms. The fourth-order valence-electron chi connectivity index (χ4n) is 8.24. The van der Waals surface area contributed by atoms with Gasteiger partial charge in [-0.25, -0.2) is 0 Å². The summed E-state index contributed by atoms with van der Waals surface area (Å²) in [4.78, 5) is 3.80. The van der Waals surface area contributed by atoms with Gasteiger partial charge in [0, 0.05) is 43.7 Å². The lowest BCUT2D eigenvalue weighted by Gasteiger charge is -2.22. The summed E-state index contributed by atoms with van der Waals surface area (Å²) in [5.41, 5.74) is 16.4. The Labute approximate surface area is 287 Å². The number of hydrogen-bond donors (Lipinski definition) is 1. The van der Waals surface area contributed by atoms with Gasteiger partial charge in [-0.15, -0.1) is 0 Å². The molecule has 0 saturated carbocycles. The van der Waals surface area contributed by atoms with Gasteiger partial charge in [0.25, 0.3) is 0 Å². The highest BCUT2D eigenvalue weighted by Gasteiger charge is 2.35. The van der Waals surface area contributed by atoms with Crippen molar-refractivity contribution in [3.8, 4) is 39.1 Å². The maximum absolute atomic E-state index is 3.80. The molecule has 2 aromatic heterocycles. The van der Waals surface area contributed by atoms with Crippen molar-refractivity contribution in [2.24, 2.45) is 0 Å². The monoisotopic (exact) mass is 630 g/mol. The number of aromatic nitrogens is 2. The molecule has 0 spiro atoms. The molecule has 1 aliphatic carbocycles. The quantitative estimate of drug-likeness (QED) is 0.200. The standard InChI is InChI=1S/C45H32N2.C2H6/c1-45(2)39-18-6-3-13-33(39)34-23-21-29(26-40(34)45)28-11-9-12-30(25-28)32-16-10-17-37-38-27-31(22-24-41(38)46-44(32)37)47-42-19-7-4-14-35(42)36-15-5-8-20-43(36)47;1-2/h3-27,46H,1-2H3;1-2H3. The smallest absolute Gasteiger partial charge is 0.0544 e. The second-order valence-electron chi connectivity index (χ2n) is 13.5. The van der Waals surface area contributed by atoms with Crippen LogP contribution < -0.4 is 0 Å². The number of H-pyrrole nitrogens is 1. The van der Waals surface area contributed by atoms with Gasteiger partial charge in [-0.2, -0.15) is 0 Å². The van der Waals surface area contributed by atoms with Crippen molar-refractivity contribution in [1.82, 2.24) is 9.55 Å². The molecule has 2 heterocycles. The highest BCUT2D eigenvalue weighted by Crippen LogP contribution is 2.49. The SMILES string of the molecule is CC.CC1(C)c2ccccc2-c2ccc(-c3cccc(-c4cccc5c4[nH]c4ccc(-n6c7ccccc7c7ccccc76)cc45)c3)cc21. The van der Waals surface area contributed by atoms with Crippen LogP contribution in [-0.2, 0) is 5.41 Å². The molecule has 1 aliphatic rings. The zero-order chi connectivity index (χ0) is 33.3. The van der Waals surface area contributed by atoms with Crippen LogP contribution in [0, 0.1) is 0 Å². The first kappa shape index (κ1) is 29.3. The van der Waals surface area contributed by atoms with E-state index in [9.17, 15) is 0 Å². The summed E-state index contributed by atoms with van der Waals surface area (Å²) in [5, 5.41) is 5.03. The van der Waals surface area contributed by atoms with Gasteiger partial charge in [-0.1, -0.05) is 137 Å². The Morgan fingerprint density at radius 2 is 1.06 bits per heavy atom. The lowest BCUT2D eigenvalue weighted by atomic mass is 9.81. The van der Waals surface area contributed by atoms with Crippen LogP contribution in [0.2, 0.25) is 0 Å². The van der Waals surface area contributed by atoms with Crippen LogP contribution in [-0.4, -0.2) is 9.55 Å². The molecule has 0 aliphatic heterocycles. The molecule has 2 nitrogen and oxygen atoms in total. The van der Waals surface area contributed by atoms with E-state index in [1.165, 1.54) is 88.3 Å². The predicted molar refractivity (Wildman–Crippen MR) is 210 cm³/mol. The summed E-state index contributed by atoms with van der Waals surface area (Å²) < 4.78 is 2.40. The average Bonchev–Trinajstić information content (AvgIpc) is 3.78. The van der Waals surface area contributed by atoms with Crippen LogP contribution in [0.25, 0.3) is 82.7 Å². The maximum Gasteiger partial charge on any atom is 0.0544 e. The van der Waals surface area contributed by atoms with Crippen molar-refractivity contribution in [3.63, 3.8) is 0 Å². The molecule has 2 heteroatoms. The third kappa shape index (κ3) is 4.34. The van der Waals surface area contributed by atoms with E-state index in [0.717, 1.165) is 5.52 Å². The number of para-hydroxylation sites is 3. The van der Waals surface area contributed by atoms with E-state index in [2.05, 4.69) is 175 Å². The zero-order valence-corrected chi connectivity index (χ0v) is 28.4. The minimum Gasteiger partial charge on any atom is -0.354 e. The van der Waals surface area contributed by atoms with Crippen molar-refractivity contribution in [1.29, 1.82) is 0 Å². The molecule has 0 fully saturated rings. The molecule has 0 radical (unpaired) electrons. The molecule has 9 aromatic rings. The molecule has 1 N–H and O–H groups in total. The summed E-state index contributed by atoms with van der Waals surface area (Å²) >= 11 is 0. The summed E-state index contributed by atoms with van der Waals surface area (Å²) in [6, 6.07) is 55.8. The van der Waals surface area contributed by atoms with Gasteiger partial charge in [0.2, 0.25) is 0 Å². The Bertz CT molecular complexity index is 2660. The Hall–Kier alpha value is -5.86. The zero-order valence-electron chi connectivity index (χ0n) is 28.4. The Balaban J connectivity index is 0.00000160. The van der Waals surface area contributed by atoms with Crippen molar-refractivity contribution in [2.75, 3.05) is 0 Å². The van der Waals surface area contributed by atoms with Crippen molar-refractivity contribution in [2.45, 2.75) is 33.1 Å². The molecule has 0 amide bonds. The van der Waals surface area contributed by atoms with E-state index in [-0.39, 0.29) is 5.41 Å². The van der Waals surface area contributed by atoms with Crippen LogP contribution in [0.4, 0.5) is 0 Å². The van der Waals surface area contributed by atoms with Gasteiger partial charge >= 0.3 is 0 Å². The first-order valence-corrected chi connectivity index (χ1v) is 17.4. The van der Waals surface area contributed by atoms with Gasteiger partial charge in [0.15, 0.2) is 0 Å². The normalized spacial score (nSPS) is 13.1. The summed E-state index contributed by atoms with van der Waals surface area (Å²) in [5.74, 6) is 0. The molecule has 49 heavy (non-hydrogen) atoms. The first-order valence-electron chi connectivity index (χ1n) is 17.4. The van der Waals surface area contributed by atoms with Crippen molar-refractivity contribution in [3.05, 3.63) is 163 Å². The van der Waals surface area contributed by atoms with E-state index < -0.39 is 0 Å². The molecule has 0 saturated heterocycles. The molecule has 0 unspecified atom stereocenters. The van der Waals surface area contributed by atoms with E-state index in [1.807, 2.05) is 13.8 Å². The molecule has 10 rings (SSSR count). The van der Waals surface area contributed by atoms with Gasteiger partial charge < -0.3 is 9.55 Å². The molecular formula is C47H38N2. The molecular weight excluding hydrogens is 593 g/mol. The highest BCUT2D eigenvalue weighted by molar-refractivity contribution is 6.13. The van der Waals surface area contributed by atoms with Gasteiger partial charge in [0.1, 0.15) is 0 Å². The Morgan fingerprint density at radius 1 is 0.449 bits per heavy atom. The second kappa shape index (κ2) is 11.1. The Morgan fingerprint density at radius 3 is 1.86 bits per heavy atom. The van der Waals surface area contributed by atoms with Gasteiger partial charge in [-0.3, -0.25) is 0 Å². The number of benzene rings is 7. The van der Waals surface area contributed by atoms with Crippen LogP contribution in [0.3, 0.4) is 0 Å². The topological polar surface area (TPSA) is 20.7 Å². The summed E-state index contributed by atoms with van der Waals surface area (Å²) in [6.45, 7) is 8.70. The van der Waals surface area contributed by atoms with Gasteiger partial charge in [-0.05, 0) is 81.4 Å². The largest absolute Gasteiger partial charge is 0.354 e. The van der Waals surface area contributed by atoms with Crippen LogP contribution >= 0.6 is 0 Å². The molecule has 7 aromatic carbocycles. The lowest BCUT2D eigenvalue weighted by Crippen LogP contribution is -2.14. The number of fused-ring (bicyclic) bond motifs is 9. The van der Waals surface area contributed by atoms with Gasteiger partial charge in [0.05, 0.1) is 16.6 Å². The molecule has 236 valence electrons. The van der Waals surface area contributed by atoms with Crippen molar-refractivity contribution < 1.29 is 0 Å². The number of nitrogens with one attached hydrogen (secondary N) is 1. The summed E-state index contributed by atoms with van der Waals surface area (Å²) in [7, 11) is 0. The van der Waals surface area contributed by atoms with E-state index in [1.54, 1.807) is 0 Å². The number of aromatic amines is 1. The number of hydrogen-bond acceptors (Lipinski definition) is 0. The third-order valence-corrected chi connectivity index (χ3v) is 10.5. The van der Waals surface area contributed by atoms with Crippen LogP contribution in [0.15, 0.2) is 152 Å². The number of rotatable bonds is 3. The minimum absolute atomic E-state index is 0.0203. The maximum atomic E-state index is 3.80. The highest BCUT2D eigenvalue weighted by atomic mass is 15.0. The molecule has 0 atom stereocenters. The van der Waals surface area contributed by atoms with E-state index >= 15 is 0 Å². The lowest BCUT2D eigenvalue weighted by molar-refractivity contribution is 0.660. The average molecular weight is 631 g/mol. The third-order valence-electron chi connectivity index (χ3n) is 10.5. The number of nitrogens with zero attached hydrogens (tertiary/aromatic N) is 1. The van der Waals surface area contributed by atoms with Crippen molar-refractivity contribution >= 4 is 43.6 Å². The van der Waals surface area contributed by atoms with Crippen LogP contribution in [0.5, 0.6) is 0 Å².